The fourth-order valence-electron chi connectivity index (χ4n) is 1.67. The van der Waals surface area contributed by atoms with Crippen LogP contribution in [0.2, 0.25) is 0 Å². The van der Waals surface area contributed by atoms with Gasteiger partial charge in [0.25, 0.3) is 5.92 Å². The molecule has 0 amide bonds. The van der Waals surface area contributed by atoms with Crippen LogP contribution < -0.4 is 4.90 Å². The molecule has 1 saturated heterocycles. The molecular formula is C10H13F2N3S. The maximum atomic E-state index is 13.0. The summed E-state index contributed by atoms with van der Waals surface area (Å²) in [5.41, 5.74) is 0. The molecule has 0 aliphatic carbocycles. The fourth-order valence-corrected chi connectivity index (χ4v) is 2.02. The van der Waals surface area contributed by atoms with Gasteiger partial charge in [0.1, 0.15) is 5.82 Å². The Bertz CT molecular complexity index is 363. The predicted molar refractivity (Wildman–Crippen MR) is 60.2 cm³/mol. The predicted octanol–water partition coefficient (Wildman–Crippen LogP) is 2.43. The van der Waals surface area contributed by atoms with Gasteiger partial charge in [-0.05, 0) is 12.3 Å². The first-order valence-electron chi connectivity index (χ1n) is 5.10. The molecule has 6 heteroatoms. The molecule has 0 N–H and O–H groups in total. The lowest BCUT2D eigenvalue weighted by molar-refractivity contribution is -0.0221. The summed E-state index contributed by atoms with van der Waals surface area (Å²) in [6.45, 7) is 0.718. The standard InChI is InChI=1S/C10H13F2N3S/c1-16-9-13-5-2-8(14-9)15-6-3-10(11,12)4-7-15/h2,5H,3-4,6-7H2,1H3. The SMILES string of the molecule is CSc1nccc(N2CCC(F)(F)CC2)n1. The van der Waals surface area contributed by atoms with E-state index in [-0.39, 0.29) is 12.8 Å². The molecule has 2 rings (SSSR count). The van der Waals surface area contributed by atoms with Crippen LogP contribution in [-0.4, -0.2) is 35.2 Å². The van der Waals surface area contributed by atoms with Crippen LogP contribution in [0.15, 0.2) is 17.4 Å². The van der Waals surface area contributed by atoms with Crippen LogP contribution in [0, 0.1) is 0 Å². The van der Waals surface area contributed by atoms with Crippen molar-refractivity contribution in [2.75, 3.05) is 24.2 Å². The maximum absolute atomic E-state index is 13.0. The van der Waals surface area contributed by atoms with Gasteiger partial charge in [0, 0.05) is 32.1 Å². The Kier molecular flexibility index (Phi) is 3.28. The number of hydrogen-bond donors (Lipinski definition) is 0. The van der Waals surface area contributed by atoms with Crippen molar-refractivity contribution in [3.8, 4) is 0 Å². The Hall–Kier alpha value is -0.910. The van der Waals surface area contributed by atoms with Gasteiger partial charge in [-0.2, -0.15) is 0 Å². The minimum absolute atomic E-state index is 0.0917. The van der Waals surface area contributed by atoms with E-state index in [9.17, 15) is 8.78 Å². The highest BCUT2D eigenvalue weighted by atomic mass is 32.2. The van der Waals surface area contributed by atoms with E-state index in [4.69, 9.17) is 0 Å². The number of anilines is 1. The summed E-state index contributed by atoms with van der Waals surface area (Å²) in [4.78, 5) is 10.2. The van der Waals surface area contributed by atoms with Crippen LogP contribution >= 0.6 is 11.8 Å². The van der Waals surface area contributed by atoms with Crippen LogP contribution in [0.25, 0.3) is 0 Å². The number of halogens is 2. The normalized spacial score (nSPS) is 19.8. The maximum Gasteiger partial charge on any atom is 0.251 e. The summed E-state index contributed by atoms with van der Waals surface area (Å²) in [6.07, 6.45) is 3.38. The van der Waals surface area contributed by atoms with Gasteiger partial charge in [0.15, 0.2) is 5.16 Å². The molecule has 1 aromatic heterocycles. The third kappa shape index (κ3) is 2.61. The monoisotopic (exact) mass is 245 g/mol. The summed E-state index contributed by atoms with van der Waals surface area (Å²) in [7, 11) is 0. The van der Waals surface area contributed by atoms with Crippen molar-refractivity contribution in [3.05, 3.63) is 12.3 Å². The number of piperidine rings is 1. The van der Waals surface area contributed by atoms with Crippen LogP contribution in [0.4, 0.5) is 14.6 Å². The van der Waals surface area contributed by atoms with Crippen molar-refractivity contribution in [1.29, 1.82) is 0 Å². The Morgan fingerprint density at radius 3 is 2.69 bits per heavy atom. The van der Waals surface area contributed by atoms with Crippen LogP contribution in [0.3, 0.4) is 0 Å². The number of rotatable bonds is 2. The molecule has 0 bridgehead atoms. The molecule has 3 nitrogen and oxygen atoms in total. The molecule has 2 heterocycles. The molecule has 0 saturated carbocycles. The largest absolute Gasteiger partial charge is 0.356 e. The molecule has 1 fully saturated rings. The van der Waals surface area contributed by atoms with Crippen molar-refractivity contribution in [2.45, 2.75) is 23.9 Å². The number of thioether (sulfide) groups is 1. The Morgan fingerprint density at radius 1 is 1.38 bits per heavy atom. The first-order chi connectivity index (χ1) is 7.61. The second-order valence-corrected chi connectivity index (χ2v) is 4.52. The second-order valence-electron chi connectivity index (χ2n) is 3.74. The molecule has 1 aliphatic heterocycles. The lowest BCUT2D eigenvalue weighted by Crippen LogP contribution is -2.39. The van der Waals surface area contributed by atoms with Gasteiger partial charge in [-0.1, -0.05) is 11.8 Å². The van der Waals surface area contributed by atoms with Crippen molar-refractivity contribution in [3.63, 3.8) is 0 Å². The minimum atomic E-state index is -2.51. The average Bonchev–Trinajstić information content (AvgIpc) is 2.29. The molecule has 1 aliphatic rings. The minimum Gasteiger partial charge on any atom is -0.356 e. The van der Waals surface area contributed by atoms with E-state index in [1.807, 2.05) is 11.2 Å². The van der Waals surface area contributed by atoms with Crippen LogP contribution in [-0.2, 0) is 0 Å². The third-order valence-electron chi connectivity index (χ3n) is 2.62. The van der Waals surface area contributed by atoms with E-state index < -0.39 is 5.92 Å². The van der Waals surface area contributed by atoms with Crippen molar-refractivity contribution in [1.82, 2.24) is 9.97 Å². The van der Waals surface area contributed by atoms with Gasteiger partial charge in [0.2, 0.25) is 0 Å². The number of nitrogens with zero attached hydrogens (tertiary/aromatic N) is 3. The van der Waals surface area contributed by atoms with Crippen molar-refractivity contribution >= 4 is 17.6 Å². The molecule has 1 aromatic rings. The van der Waals surface area contributed by atoms with Crippen molar-refractivity contribution in [2.24, 2.45) is 0 Å². The molecule has 0 atom stereocenters. The van der Waals surface area contributed by atoms with E-state index in [0.29, 0.717) is 18.2 Å². The quantitative estimate of drug-likeness (QED) is 0.591. The molecular weight excluding hydrogens is 232 g/mol. The molecule has 88 valence electrons. The summed E-state index contributed by atoms with van der Waals surface area (Å²) in [5, 5.41) is 0.676. The highest BCUT2D eigenvalue weighted by Crippen LogP contribution is 2.29. The number of alkyl halides is 2. The topological polar surface area (TPSA) is 29.0 Å². The van der Waals surface area contributed by atoms with Crippen molar-refractivity contribution < 1.29 is 8.78 Å². The summed E-state index contributed by atoms with van der Waals surface area (Å²) in [6, 6.07) is 1.77. The van der Waals surface area contributed by atoms with Crippen LogP contribution in [0.1, 0.15) is 12.8 Å². The molecule has 0 spiro atoms. The van der Waals surface area contributed by atoms with Gasteiger partial charge in [-0.15, -0.1) is 0 Å². The Labute approximate surface area is 97.3 Å². The summed E-state index contributed by atoms with van der Waals surface area (Å²) in [5.74, 6) is -1.76. The zero-order valence-electron chi connectivity index (χ0n) is 8.99. The van der Waals surface area contributed by atoms with Gasteiger partial charge in [0.05, 0.1) is 0 Å². The fraction of sp³-hybridized carbons (Fsp3) is 0.600. The van der Waals surface area contributed by atoms with Crippen LogP contribution in [0.5, 0.6) is 0 Å². The first kappa shape index (κ1) is 11.6. The van der Waals surface area contributed by atoms with E-state index in [1.54, 1.807) is 12.3 Å². The lowest BCUT2D eigenvalue weighted by atomic mass is 10.1. The highest BCUT2D eigenvalue weighted by Gasteiger charge is 2.34. The third-order valence-corrected chi connectivity index (χ3v) is 3.18. The van der Waals surface area contributed by atoms with E-state index >= 15 is 0 Å². The molecule has 0 aromatic carbocycles. The van der Waals surface area contributed by atoms with E-state index in [0.717, 1.165) is 5.82 Å². The Balaban J connectivity index is 2.08. The first-order valence-corrected chi connectivity index (χ1v) is 6.33. The smallest absolute Gasteiger partial charge is 0.251 e. The van der Waals surface area contributed by atoms with Gasteiger partial charge in [-0.3, -0.25) is 0 Å². The summed E-state index contributed by atoms with van der Waals surface area (Å²) >= 11 is 1.45. The summed E-state index contributed by atoms with van der Waals surface area (Å²) < 4.78 is 26.0. The zero-order valence-corrected chi connectivity index (χ0v) is 9.81. The highest BCUT2D eigenvalue weighted by molar-refractivity contribution is 7.98. The van der Waals surface area contributed by atoms with E-state index in [1.165, 1.54) is 11.8 Å². The molecule has 0 unspecified atom stereocenters. The van der Waals surface area contributed by atoms with E-state index in [2.05, 4.69) is 9.97 Å². The molecule has 0 radical (unpaired) electrons. The Morgan fingerprint density at radius 2 is 2.06 bits per heavy atom. The second kappa shape index (κ2) is 4.53. The molecule has 16 heavy (non-hydrogen) atoms. The zero-order chi connectivity index (χ0) is 11.6. The van der Waals surface area contributed by atoms with Gasteiger partial charge in [-0.25, -0.2) is 18.7 Å². The lowest BCUT2D eigenvalue weighted by Gasteiger charge is -2.32. The number of aromatic nitrogens is 2. The number of hydrogen-bond acceptors (Lipinski definition) is 4. The van der Waals surface area contributed by atoms with Gasteiger partial charge >= 0.3 is 0 Å². The average molecular weight is 245 g/mol. The van der Waals surface area contributed by atoms with Gasteiger partial charge < -0.3 is 4.90 Å².